The van der Waals surface area contributed by atoms with Crippen LogP contribution in [0.1, 0.15) is 43.2 Å². The molecular weight excluding hydrogens is 696 g/mol. The number of aliphatic hydroxyl groups is 1. The number of rotatable bonds is 12. The fourth-order valence-corrected chi connectivity index (χ4v) is 7.90. The molecule has 0 bridgehead atoms. The highest BCUT2D eigenvalue weighted by Gasteiger charge is 2.25. The third-order valence-corrected chi connectivity index (χ3v) is 10.9. The lowest BCUT2D eigenvalue weighted by molar-refractivity contribution is -0.138. The van der Waals surface area contributed by atoms with Crippen molar-refractivity contribution < 1.29 is 29.2 Å². The average Bonchev–Trinajstić information content (AvgIpc) is 3.61. The minimum Gasteiger partial charge on any atom is -0.496 e. The number of carboxylic acids is 1. The van der Waals surface area contributed by atoms with Crippen LogP contribution in [0.4, 0.5) is 0 Å². The first-order valence-electron chi connectivity index (χ1n) is 18.0. The van der Waals surface area contributed by atoms with Gasteiger partial charge in [0, 0.05) is 60.7 Å². The Hall–Kier alpha value is -4.75. The Bertz CT molecular complexity index is 2060. The minimum atomic E-state index is -0.730. The van der Waals surface area contributed by atoms with Crippen molar-refractivity contribution in [1.29, 1.82) is 0 Å². The van der Waals surface area contributed by atoms with Crippen LogP contribution >= 0.6 is 11.6 Å². The Labute approximate surface area is 313 Å². The number of hydrogen-bond donors (Lipinski definition) is 2. The quantitative estimate of drug-likeness (QED) is 0.146. The van der Waals surface area contributed by atoms with E-state index < -0.39 is 5.97 Å². The van der Waals surface area contributed by atoms with Crippen molar-refractivity contribution in [2.45, 2.75) is 51.3 Å². The first-order valence-corrected chi connectivity index (χ1v) is 18.4. The number of benzene rings is 2. The third-order valence-electron chi connectivity index (χ3n) is 10.5. The summed E-state index contributed by atoms with van der Waals surface area (Å²) in [6, 6.07) is 17.8. The molecule has 3 aromatic heterocycles. The van der Waals surface area contributed by atoms with E-state index in [1.165, 1.54) is 0 Å². The van der Waals surface area contributed by atoms with Gasteiger partial charge >= 0.3 is 5.97 Å². The van der Waals surface area contributed by atoms with E-state index >= 15 is 0 Å². The van der Waals surface area contributed by atoms with E-state index in [9.17, 15) is 9.90 Å². The second-order valence-electron chi connectivity index (χ2n) is 13.8. The Morgan fingerprint density at radius 3 is 2.23 bits per heavy atom. The van der Waals surface area contributed by atoms with Crippen LogP contribution in [0.2, 0.25) is 5.02 Å². The third kappa shape index (κ3) is 7.82. The SMILES string of the molecule is COc1cc(-n2ncc3c(-c4cccc(-c5ccc(CN6CCC(CC(=O)O)CC6)c(OC)n5)c4Cl)cccc32)nc(OC)c1CN1CCC(O)CC1. The van der Waals surface area contributed by atoms with Crippen LogP contribution in [0.3, 0.4) is 0 Å². The number of pyridine rings is 2. The number of likely N-dealkylation sites (tertiary alicyclic amines) is 2. The van der Waals surface area contributed by atoms with E-state index in [1.807, 2.05) is 60.8 Å². The maximum Gasteiger partial charge on any atom is 0.303 e. The molecule has 7 rings (SSSR count). The minimum absolute atomic E-state index is 0.225. The summed E-state index contributed by atoms with van der Waals surface area (Å²) < 4.78 is 19.2. The standard InChI is InChI=1S/C40H45ClN6O6/c1-51-35-21-36(44-40(53-3)32(35)24-46-18-14-27(48)15-19-46)47-34-9-5-6-28(31(34)22-42-47)29-7-4-8-30(38(29)41)33-11-10-26(39(43-33)52-2)23-45-16-12-25(13-17-45)20-37(49)50/h4-11,21-22,25,27,48H,12-20,23-24H2,1-3H3,(H,49,50). The van der Waals surface area contributed by atoms with E-state index in [0.29, 0.717) is 47.1 Å². The molecule has 2 aliphatic rings. The van der Waals surface area contributed by atoms with Crippen molar-refractivity contribution in [3.8, 4) is 45.7 Å². The van der Waals surface area contributed by atoms with Gasteiger partial charge in [-0.05, 0) is 62.4 Å². The number of hydrogen-bond acceptors (Lipinski definition) is 10. The summed E-state index contributed by atoms with van der Waals surface area (Å²) in [5.41, 5.74) is 5.90. The van der Waals surface area contributed by atoms with Crippen molar-refractivity contribution in [2.75, 3.05) is 47.5 Å². The van der Waals surface area contributed by atoms with Gasteiger partial charge in [0.25, 0.3) is 0 Å². The number of aromatic nitrogens is 4. The van der Waals surface area contributed by atoms with Gasteiger partial charge in [0.2, 0.25) is 11.8 Å². The molecule has 0 saturated carbocycles. The summed E-state index contributed by atoms with van der Waals surface area (Å²) in [7, 11) is 4.87. The first kappa shape index (κ1) is 36.6. The Kier molecular flexibility index (Phi) is 11.1. The number of methoxy groups -OCH3 is 3. The molecule has 2 aromatic carbocycles. The fourth-order valence-electron chi connectivity index (χ4n) is 7.58. The van der Waals surface area contributed by atoms with Crippen molar-refractivity contribution in [1.82, 2.24) is 29.5 Å². The van der Waals surface area contributed by atoms with Gasteiger partial charge in [0.15, 0.2) is 5.82 Å². The highest BCUT2D eigenvalue weighted by atomic mass is 35.5. The fraction of sp³-hybridized carbons (Fsp3) is 0.400. The lowest BCUT2D eigenvalue weighted by atomic mass is 9.93. The van der Waals surface area contributed by atoms with Crippen molar-refractivity contribution >= 4 is 28.5 Å². The molecule has 2 N–H and O–H groups in total. The first-order chi connectivity index (χ1) is 25.8. The molecule has 2 saturated heterocycles. The van der Waals surface area contributed by atoms with Gasteiger partial charge in [-0.2, -0.15) is 10.1 Å². The molecule has 0 radical (unpaired) electrons. The van der Waals surface area contributed by atoms with Gasteiger partial charge in [0.05, 0.1) is 55.4 Å². The predicted molar refractivity (Wildman–Crippen MR) is 203 cm³/mol. The predicted octanol–water partition coefficient (Wildman–Crippen LogP) is 6.47. The Morgan fingerprint density at radius 2 is 1.51 bits per heavy atom. The second-order valence-corrected chi connectivity index (χ2v) is 14.2. The van der Waals surface area contributed by atoms with Gasteiger partial charge in [-0.15, -0.1) is 0 Å². The monoisotopic (exact) mass is 740 g/mol. The van der Waals surface area contributed by atoms with Crippen molar-refractivity contribution in [3.05, 3.63) is 76.9 Å². The summed E-state index contributed by atoms with van der Waals surface area (Å²) >= 11 is 7.21. The summed E-state index contributed by atoms with van der Waals surface area (Å²) in [5.74, 6) is 1.72. The summed E-state index contributed by atoms with van der Waals surface area (Å²) in [6.07, 6.45) is 5.00. The highest BCUT2D eigenvalue weighted by Crippen LogP contribution is 2.40. The van der Waals surface area contributed by atoms with Gasteiger partial charge < -0.3 is 24.4 Å². The van der Waals surface area contributed by atoms with Crippen LogP contribution < -0.4 is 14.2 Å². The largest absolute Gasteiger partial charge is 0.496 e. The normalized spacial score (nSPS) is 16.2. The molecule has 5 heterocycles. The molecule has 13 heteroatoms. The molecular formula is C40H45ClN6O6. The lowest BCUT2D eigenvalue weighted by Crippen LogP contribution is -2.35. The number of piperidine rings is 2. The van der Waals surface area contributed by atoms with Crippen LogP contribution in [0.25, 0.3) is 39.1 Å². The maximum absolute atomic E-state index is 11.1. The van der Waals surface area contributed by atoms with Crippen LogP contribution in [0.15, 0.2) is 60.8 Å². The summed E-state index contributed by atoms with van der Waals surface area (Å²) in [5, 5.41) is 25.4. The maximum atomic E-state index is 11.1. The van der Waals surface area contributed by atoms with Crippen LogP contribution in [-0.2, 0) is 17.9 Å². The van der Waals surface area contributed by atoms with Crippen LogP contribution in [0.5, 0.6) is 17.5 Å². The average molecular weight is 741 g/mol. The molecule has 5 aromatic rings. The summed E-state index contributed by atoms with van der Waals surface area (Å²) in [6.45, 7) is 4.54. The van der Waals surface area contributed by atoms with Crippen LogP contribution in [0, 0.1) is 5.92 Å². The Morgan fingerprint density at radius 1 is 0.830 bits per heavy atom. The van der Waals surface area contributed by atoms with E-state index in [0.717, 1.165) is 90.6 Å². The van der Waals surface area contributed by atoms with E-state index in [-0.39, 0.29) is 18.4 Å². The Balaban J connectivity index is 1.16. The zero-order chi connectivity index (χ0) is 37.1. The van der Waals surface area contributed by atoms with E-state index in [1.54, 1.807) is 26.0 Å². The van der Waals surface area contributed by atoms with E-state index in [4.69, 9.17) is 46.0 Å². The topological polar surface area (TPSA) is 135 Å². The smallest absolute Gasteiger partial charge is 0.303 e. The molecule has 278 valence electrons. The molecule has 0 amide bonds. The molecule has 0 unspecified atom stereocenters. The molecule has 0 spiro atoms. The zero-order valence-corrected chi connectivity index (χ0v) is 31.1. The molecule has 53 heavy (non-hydrogen) atoms. The molecule has 2 fully saturated rings. The molecule has 2 aliphatic heterocycles. The van der Waals surface area contributed by atoms with Gasteiger partial charge in [-0.3, -0.25) is 14.6 Å². The molecule has 12 nitrogen and oxygen atoms in total. The number of carboxylic acid groups (broad SMARTS) is 1. The molecule has 0 aliphatic carbocycles. The number of halogens is 1. The number of aliphatic carboxylic acids is 1. The number of fused-ring (bicyclic) bond motifs is 1. The van der Waals surface area contributed by atoms with Crippen molar-refractivity contribution in [3.63, 3.8) is 0 Å². The number of aliphatic hydroxyl groups excluding tert-OH is 1. The van der Waals surface area contributed by atoms with E-state index in [2.05, 4.69) is 9.80 Å². The second kappa shape index (κ2) is 16.1. The zero-order valence-electron chi connectivity index (χ0n) is 30.3. The highest BCUT2D eigenvalue weighted by molar-refractivity contribution is 6.36. The number of carbonyl (C=O) groups is 1. The number of nitrogens with zero attached hydrogens (tertiary/aromatic N) is 6. The summed E-state index contributed by atoms with van der Waals surface area (Å²) in [4.78, 5) is 25.5. The van der Waals surface area contributed by atoms with Gasteiger partial charge in [0.1, 0.15) is 5.75 Å². The van der Waals surface area contributed by atoms with Gasteiger partial charge in [-0.1, -0.05) is 48.0 Å². The lowest BCUT2D eigenvalue weighted by Gasteiger charge is -2.31. The van der Waals surface area contributed by atoms with Gasteiger partial charge in [-0.25, -0.2) is 9.67 Å². The number of ether oxygens (including phenoxy) is 3. The van der Waals surface area contributed by atoms with Crippen molar-refractivity contribution in [2.24, 2.45) is 5.92 Å². The van der Waals surface area contributed by atoms with Crippen LogP contribution in [-0.4, -0.2) is 99.3 Å². The molecule has 0 atom stereocenters.